The summed E-state index contributed by atoms with van der Waals surface area (Å²) in [6.45, 7) is 10.1. The van der Waals surface area contributed by atoms with Crippen molar-refractivity contribution in [2.45, 2.75) is 78.2 Å². The topological polar surface area (TPSA) is 3.24 Å². The van der Waals surface area contributed by atoms with Crippen LogP contribution in [0.15, 0.2) is 0 Å². The van der Waals surface area contributed by atoms with E-state index >= 15 is 0 Å². The van der Waals surface area contributed by atoms with Gasteiger partial charge in [0.05, 0.1) is 0 Å². The molecule has 18 heavy (non-hydrogen) atoms. The molecule has 1 heteroatoms. The lowest BCUT2D eigenvalue weighted by Crippen LogP contribution is -2.45. The Morgan fingerprint density at radius 1 is 0.889 bits per heavy atom. The first-order chi connectivity index (χ1) is 8.51. The Balaban J connectivity index is 1.66. The third-order valence-electron chi connectivity index (χ3n) is 6.41. The summed E-state index contributed by atoms with van der Waals surface area (Å²) < 4.78 is 0. The number of nitrogens with zero attached hydrogens (tertiary/aromatic N) is 1. The Morgan fingerprint density at radius 3 is 2.28 bits per heavy atom. The Morgan fingerprint density at radius 2 is 1.67 bits per heavy atom. The van der Waals surface area contributed by atoms with Crippen molar-refractivity contribution in [3.05, 3.63) is 0 Å². The smallest absolute Gasteiger partial charge is 0.0152 e. The van der Waals surface area contributed by atoms with Crippen molar-refractivity contribution >= 4 is 0 Å². The third-order valence-corrected chi connectivity index (χ3v) is 6.41. The summed E-state index contributed by atoms with van der Waals surface area (Å²) in [6.07, 6.45) is 12.0. The van der Waals surface area contributed by atoms with Crippen LogP contribution in [0.25, 0.3) is 0 Å². The minimum absolute atomic E-state index is 0.515. The summed E-state index contributed by atoms with van der Waals surface area (Å²) >= 11 is 0. The van der Waals surface area contributed by atoms with Crippen molar-refractivity contribution in [2.24, 2.45) is 16.7 Å². The predicted octanol–water partition coefficient (Wildman–Crippen LogP) is 4.47. The highest BCUT2D eigenvalue weighted by atomic mass is 15.2. The van der Waals surface area contributed by atoms with Crippen LogP contribution in [-0.2, 0) is 0 Å². The van der Waals surface area contributed by atoms with Crippen molar-refractivity contribution in [2.75, 3.05) is 13.1 Å². The molecule has 0 aromatic heterocycles. The van der Waals surface area contributed by atoms with Gasteiger partial charge in [-0.1, -0.05) is 33.6 Å². The van der Waals surface area contributed by atoms with Crippen LogP contribution >= 0.6 is 0 Å². The van der Waals surface area contributed by atoms with Crippen LogP contribution in [0, 0.1) is 16.7 Å². The average molecular weight is 249 g/mol. The maximum Gasteiger partial charge on any atom is 0.0152 e. The second-order valence-corrected chi connectivity index (χ2v) is 8.30. The predicted molar refractivity (Wildman–Crippen MR) is 77.7 cm³/mol. The summed E-state index contributed by atoms with van der Waals surface area (Å²) in [5.41, 5.74) is 1.30. The van der Waals surface area contributed by atoms with Gasteiger partial charge in [-0.2, -0.15) is 0 Å². The van der Waals surface area contributed by atoms with Gasteiger partial charge < -0.3 is 0 Å². The maximum absolute atomic E-state index is 2.87. The summed E-state index contributed by atoms with van der Waals surface area (Å²) in [4.78, 5) is 2.87. The fourth-order valence-corrected chi connectivity index (χ4v) is 4.94. The summed E-state index contributed by atoms with van der Waals surface area (Å²) in [5.74, 6) is 0.941. The van der Waals surface area contributed by atoms with Crippen molar-refractivity contribution in [3.63, 3.8) is 0 Å². The van der Waals surface area contributed by atoms with Crippen molar-refractivity contribution in [1.29, 1.82) is 0 Å². The molecule has 1 aliphatic carbocycles. The molecule has 3 fully saturated rings. The molecule has 2 atom stereocenters. The Labute approximate surface area is 113 Å². The van der Waals surface area contributed by atoms with Gasteiger partial charge in [-0.05, 0) is 68.4 Å². The van der Waals surface area contributed by atoms with Gasteiger partial charge in [0.25, 0.3) is 0 Å². The molecule has 0 aromatic carbocycles. The quantitative estimate of drug-likeness (QED) is 0.612. The molecular weight excluding hydrogens is 218 g/mol. The molecule has 2 saturated heterocycles. The van der Waals surface area contributed by atoms with Gasteiger partial charge in [0.1, 0.15) is 0 Å². The fraction of sp³-hybridized carbons (Fsp3) is 1.00. The highest BCUT2D eigenvalue weighted by Crippen LogP contribution is 2.54. The van der Waals surface area contributed by atoms with Gasteiger partial charge in [-0.3, -0.25) is 4.90 Å². The molecule has 2 unspecified atom stereocenters. The number of hydrogen-bond donors (Lipinski definition) is 0. The minimum Gasteiger partial charge on any atom is -0.300 e. The summed E-state index contributed by atoms with van der Waals surface area (Å²) in [5, 5.41) is 0. The summed E-state index contributed by atoms with van der Waals surface area (Å²) in [7, 11) is 0. The average Bonchev–Trinajstić information content (AvgIpc) is 2.53. The molecule has 2 heterocycles. The second kappa shape index (κ2) is 4.51. The molecule has 3 aliphatic rings. The van der Waals surface area contributed by atoms with Crippen LogP contribution in [0.2, 0.25) is 0 Å². The molecule has 0 N–H and O–H groups in total. The molecule has 1 saturated carbocycles. The van der Waals surface area contributed by atoms with E-state index in [9.17, 15) is 0 Å². The van der Waals surface area contributed by atoms with E-state index in [1.165, 1.54) is 64.5 Å². The van der Waals surface area contributed by atoms with E-state index < -0.39 is 0 Å². The van der Waals surface area contributed by atoms with Gasteiger partial charge in [0.2, 0.25) is 0 Å². The lowest BCUT2D eigenvalue weighted by Gasteiger charge is -2.47. The van der Waals surface area contributed by atoms with Crippen LogP contribution in [-0.4, -0.2) is 24.0 Å². The number of rotatable bonds is 0. The molecule has 2 aliphatic heterocycles. The second-order valence-electron chi connectivity index (χ2n) is 8.30. The van der Waals surface area contributed by atoms with E-state index in [1.807, 2.05) is 0 Å². The van der Waals surface area contributed by atoms with E-state index in [0.29, 0.717) is 5.41 Å². The van der Waals surface area contributed by atoms with Gasteiger partial charge in [0.15, 0.2) is 0 Å². The monoisotopic (exact) mass is 249 g/mol. The van der Waals surface area contributed by atoms with Gasteiger partial charge in [0, 0.05) is 6.04 Å². The zero-order valence-electron chi connectivity index (χ0n) is 12.7. The summed E-state index contributed by atoms with van der Waals surface area (Å²) in [6, 6.07) is 0.965. The van der Waals surface area contributed by atoms with E-state index in [-0.39, 0.29) is 0 Å². The van der Waals surface area contributed by atoms with Crippen molar-refractivity contribution < 1.29 is 0 Å². The normalized spacial score (nSPS) is 36.8. The first-order valence-electron chi connectivity index (χ1n) is 8.25. The highest BCUT2D eigenvalue weighted by molar-refractivity contribution is 5.04. The largest absolute Gasteiger partial charge is 0.300 e. The molecule has 0 radical (unpaired) electrons. The van der Waals surface area contributed by atoms with Gasteiger partial charge in [-0.25, -0.2) is 0 Å². The third kappa shape index (κ3) is 2.13. The van der Waals surface area contributed by atoms with Crippen LogP contribution < -0.4 is 0 Å². The van der Waals surface area contributed by atoms with E-state index in [1.54, 1.807) is 0 Å². The lowest BCUT2D eigenvalue weighted by atomic mass is 9.62. The van der Waals surface area contributed by atoms with Crippen molar-refractivity contribution in [1.82, 2.24) is 4.90 Å². The van der Waals surface area contributed by atoms with E-state index in [2.05, 4.69) is 25.7 Å². The fourth-order valence-electron chi connectivity index (χ4n) is 4.94. The molecule has 1 spiro atoms. The van der Waals surface area contributed by atoms with E-state index in [0.717, 1.165) is 17.4 Å². The zero-order chi connectivity index (χ0) is 12.8. The molecule has 0 amide bonds. The minimum atomic E-state index is 0.515. The van der Waals surface area contributed by atoms with Crippen LogP contribution in [0.1, 0.15) is 72.1 Å². The van der Waals surface area contributed by atoms with Gasteiger partial charge in [-0.15, -0.1) is 0 Å². The van der Waals surface area contributed by atoms with Crippen molar-refractivity contribution in [3.8, 4) is 0 Å². The van der Waals surface area contributed by atoms with Crippen LogP contribution in [0.5, 0.6) is 0 Å². The Kier molecular flexibility index (Phi) is 3.25. The van der Waals surface area contributed by atoms with Crippen LogP contribution in [0.3, 0.4) is 0 Å². The standard InChI is InChI=1S/C17H31N/c1-16(2,3)14-6-4-7-15-17(9-5-10-17)11-13-18(15)12-8-14/h14-15H,4-13H2,1-3H3. The zero-order valence-corrected chi connectivity index (χ0v) is 12.7. The van der Waals surface area contributed by atoms with Crippen LogP contribution in [0.4, 0.5) is 0 Å². The molecule has 1 nitrogen and oxygen atoms in total. The number of fused-ring (bicyclic) bond motifs is 2. The molecule has 104 valence electrons. The molecule has 0 bridgehead atoms. The Bertz CT molecular complexity index is 297. The molecular formula is C17H31N. The first kappa shape index (κ1) is 13.0. The SMILES string of the molecule is CC(C)(C)C1CCCC2N(CC1)CCC21CCC1. The van der Waals surface area contributed by atoms with E-state index in [4.69, 9.17) is 0 Å². The first-order valence-corrected chi connectivity index (χ1v) is 8.25. The number of hydrogen-bond acceptors (Lipinski definition) is 1. The highest BCUT2D eigenvalue weighted by Gasteiger charge is 2.50. The lowest BCUT2D eigenvalue weighted by molar-refractivity contribution is 0.0436. The molecule has 0 aromatic rings. The maximum atomic E-state index is 2.87. The molecule has 3 rings (SSSR count). The van der Waals surface area contributed by atoms with Gasteiger partial charge >= 0.3 is 0 Å². The Hall–Kier alpha value is -0.0400.